The highest BCUT2D eigenvalue weighted by Gasteiger charge is 2.10. The van der Waals surface area contributed by atoms with Crippen LogP contribution in [0.1, 0.15) is 11.4 Å². The normalized spacial score (nSPS) is 10.0. The molecule has 0 saturated carbocycles. The van der Waals surface area contributed by atoms with Gasteiger partial charge in [-0.3, -0.25) is 4.79 Å². The van der Waals surface area contributed by atoms with Crippen molar-refractivity contribution in [2.75, 3.05) is 25.2 Å². The van der Waals surface area contributed by atoms with Gasteiger partial charge >= 0.3 is 5.97 Å². The largest absolute Gasteiger partial charge is 0.468 e. The number of hydrogen-bond donors (Lipinski definition) is 1. The van der Waals surface area contributed by atoms with Crippen molar-refractivity contribution in [3.05, 3.63) is 11.4 Å². The van der Waals surface area contributed by atoms with E-state index in [4.69, 9.17) is 0 Å². The summed E-state index contributed by atoms with van der Waals surface area (Å²) in [5, 5.41) is 3.81. The average molecular weight is 241 g/mol. The Morgan fingerprint density at radius 3 is 2.69 bits per heavy atom. The predicted molar refractivity (Wildman–Crippen MR) is 63.8 cm³/mol. The molecule has 0 aliphatic heterocycles. The van der Waals surface area contributed by atoms with Crippen molar-refractivity contribution in [1.29, 1.82) is 0 Å². The lowest BCUT2D eigenvalue weighted by Crippen LogP contribution is -2.06. The van der Waals surface area contributed by atoms with E-state index in [1.54, 1.807) is 0 Å². The maximum atomic E-state index is 11.0. The fourth-order valence-electron chi connectivity index (χ4n) is 1.17. The number of nitrogens with zero attached hydrogens (tertiary/aromatic N) is 2. The minimum atomic E-state index is -0.258. The molecule has 0 fully saturated rings. The van der Waals surface area contributed by atoms with Crippen LogP contribution in [-0.4, -0.2) is 35.8 Å². The summed E-state index contributed by atoms with van der Waals surface area (Å²) < 4.78 is 4.58. The van der Waals surface area contributed by atoms with Crippen molar-refractivity contribution in [2.45, 2.75) is 18.9 Å². The number of esters is 1. The van der Waals surface area contributed by atoms with Crippen LogP contribution in [0.4, 0.5) is 5.82 Å². The lowest BCUT2D eigenvalue weighted by atomic mass is 10.3. The lowest BCUT2D eigenvalue weighted by molar-refractivity contribution is -0.137. The standard InChI is InChI=1S/C10H15N3O2S/c1-6-9(11-3)12-7(2)13-10(6)16-5-8(14)15-4/h5H2,1-4H3,(H,11,12,13). The zero-order valence-corrected chi connectivity index (χ0v) is 10.6. The highest BCUT2D eigenvalue weighted by atomic mass is 32.2. The number of rotatable bonds is 4. The molecule has 0 bridgehead atoms. The summed E-state index contributed by atoms with van der Waals surface area (Å²) >= 11 is 1.36. The Balaban J connectivity index is 2.87. The Morgan fingerprint density at radius 2 is 2.12 bits per heavy atom. The maximum absolute atomic E-state index is 11.0. The second kappa shape index (κ2) is 5.69. The highest BCUT2D eigenvalue weighted by Crippen LogP contribution is 2.24. The van der Waals surface area contributed by atoms with Crippen LogP contribution in [0.25, 0.3) is 0 Å². The van der Waals surface area contributed by atoms with E-state index < -0.39 is 0 Å². The molecule has 1 N–H and O–H groups in total. The van der Waals surface area contributed by atoms with Crippen molar-refractivity contribution in [3.8, 4) is 0 Å². The first-order valence-corrected chi connectivity index (χ1v) is 5.79. The Bertz CT molecular complexity index is 396. The van der Waals surface area contributed by atoms with E-state index in [1.165, 1.54) is 18.9 Å². The first-order valence-electron chi connectivity index (χ1n) is 4.81. The fraction of sp³-hybridized carbons (Fsp3) is 0.500. The Morgan fingerprint density at radius 1 is 1.44 bits per heavy atom. The van der Waals surface area contributed by atoms with Crippen LogP contribution in [0.2, 0.25) is 0 Å². The molecule has 6 heteroatoms. The third-order valence-electron chi connectivity index (χ3n) is 2.00. The second-order valence-electron chi connectivity index (χ2n) is 3.16. The minimum Gasteiger partial charge on any atom is -0.468 e. The van der Waals surface area contributed by atoms with E-state index >= 15 is 0 Å². The summed E-state index contributed by atoms with van der Waals surface area (Å²) in [6, 6.07) is 0. The molecule has 0 saturated heterocycles. The van der Waals surface area contributed by atoms with E-state index in [-0.39, 0.29) is 11.7 Å². The molecule has 0 aromatic carbocycles. The van der Waals surface area contributed by atoms with Crippen LogP contribution in [0.3, 0.4) is 0 Å². The number of anilines is 1. The summed E-state index contributed by atoms with van der Waals surface area (Å²) in [7, 11) is 3.18. The molecule has 1 aromatic rings. The molecule has 0 unspecified atom stereocenters. The number of nitrogens with one attached hydrogen (secondary N) is 1. The number of methoxy groups -OCH3 is 1. The Labute approximate surface area is 99.0 Å². The maximum Gasteiger partial charge on any atom is 0.316 e. The van der Waals surface area contributed by atoms with Gasteiger partial charge in [0.2, 0.25) is 0 Å². The predicted octanol–water partition coefficient (Wildman–Crippen LogP) is 1.40. The van der Waals surface area contributed by atoms with Gasteiger partial charge in [0.25, 0.3) is 0 Å². The summed E-state index contributed by atoms with van der Waals surface area (Å²) in [6.45, 7) is 3.74. The third kappa shape index (κ3) is 3.10. The zero-order valence-electron chi connectivity index (χ0n) is 9.83. The summed E-state index contributed by atoms with van der Waals surface area (Å²) in [4.78, 5) is 19.6. The number of aromatic nitrogens is 2. The van der Waals surface area contributed by atoms with Crippen LogP contribution in [-0.2, 0) is 9.53 Å². The van der Waals surface area contributed by atoms with Crippen molar-refractivity contribution >= 4 is 23.5 Å². The van der Waals surface area contributed by atoms with Crippen LogP contribution in [0, 0.1) is 13.8 Å². The highest BCUT2D eigenvalue weighted by molar-refractivity contribution is 7.99. The molecule has 1 rings (SSSR count). The summed E-state index contributed by atoms with van der Waals surface area (Å²) in [5.41, 5.74) is 0.946. The smallest absolute Gasteiger partial charge is 0.316 e. The molecule has 0 amide bonds. The molecule has 0 aliphatic carbocycles. The number of carbonyl (C=O) groups excluding carboxylic acids is 1. The number of thioether (sulfide) groups is 1. The molecular weight excluding hydrogens is 226 g/mol. The van der Waals surface area contributed by atoms with E-state index in [2.05, 4.69) is 20.0 Å². The molecule has 0 radical (unpaired) electrons. The van der Waals surface area contributed by atoms with Gasteiger partial charge in [-0.15, -0.1) is 0 Å². The third-order valence-corrected chi connectivity index (χ3v) is 3.06. The van der Waals surface area contributed by atoms with Crippen LogP contribution < -0.4 is 5.32 Å². The van der Waals surface area contributed by atoms with Crippen LogP contribution in [0.5, 0.6) is 0 Å². The molecule has 0 aliphatic rings. The van der Waals surface area contributed by atoms with Gasteiger partial charge in [-0.1, -0.05) is 11.8 Å². The van der Waals surface area contributed by atoms with E-state index in [0.29, 0.717) is 5.82 Å². The number of ether oxygens (including phenoxy) is 1. The quantitative estimate of drug-likeness (QED) is 0.488. The Kier molecular flexibility index (Phi) is 4.54. The van der Waals surface area contributed by atoms with Gasteiger partial charge in [0, 0.05) is 12.6 Å². The van der Waals surface area contributed by atoms with E-state index in [1.807, 2.05) is 20.9 Å². The zero-order chi connectivity index (χ0) is 12.1. The average Bonchev–Trinajstić information content (AvgIpc) is 2.29. The lowest BCUT2D eigenvalue weighted by Gasteiger charge is -2.09. The minimum absolute atomic E-state index is 0.258. The number of aryl methyl sites for hydroxylation is 1. The SMILES string of the molecule is CNc1nc(C)nc(SCC(=O)OC)c1C. The fourth-order valence-corrected chi connectivity index (χ4v) is 2.06. The van der Waals surface area contributed by atoms with Crippen molar-refractivity contribution in [1.82, 2.24) is 9.97 Å². The molecule has 1 heterocycles. The van der Waals surface area contributed by atoms with Gasteiger partial charge in [0.1, 0.15) is 16.7 Å². The summed E-state index contributed by atoms with van der Waals surface area (Å²) in [5.74, 6) is 1.48. The molecule has 1 aromatic heterocycles. The topological polar surface area (TPSA) is 64.1 Å². The van der Waals surface area contributed by atoms with E-state index in [0.717, 1.165) is 16.4 Å². The van der Waals surface area contributed by atoms with Crippen molar-refractivity contribution in [2.24, 2.45) is 0 Å². The monoisotopic (exact) mass is 241 g/mol. The first-order chi connectivity index (χ1) is 7.58. The van der Waals surface area contributed by atoms with Crippen LogP contribution in [0.15, 0.2) is 5.03 Å². The number of hydrogen-bond acceptors (Lipinski definition) is 6. The van der Waals surface area contributed by atoms with Crippen LogP contribution >= 0.6 is 11.8 Å². The van der Waals surface area contributed by atoms with Gasteiger partial charge in [0.05, 0.1) is 12.9 Å². The molecular formula is C10H15N3O2S. The first kappa shape index (κ1) is 12.8. The summed E-state index contributed by atoms with van der Waals surface area (Å²) in [6.07, 6.45) is 0. The molecule has 0 atom stereocenters. The molecule has 16 heavy (non-hydrogen) atoms. The molecule has 0 spiro atoms. The van der Waals surface area contributed by atoms with Gasteiger partial charge in [0.15, 0.2) is 0 Å². The molecule has 5 nitrogen and oxygen atoms in total. The Hall–Kier alpha value is -1.30. The van der Waals surface area contributed by atoms with E-state index in [9.17, 15) is 4.79 Å². The second-order valence-corrected chi connectivity index (χ2v) is 4.13. The van der Waals surface area contributed by atoms with Gasteiger partial charge in [-0.05, 0) is 13.8 Å². The molecule has 88 valence electrons. The van der Waals surface area contributed by atoms with Gasteiger partial charge < -0.3 is 10.1 Å². The van der Waals surface area contributed by atoms with Crippen molar-refractivity contribution < 1.29 is 9.53 Å². The van der Waals surface area contributed by atoms with Crippen molar-refractivity contribution in [3.63, 3.8) is 0 Å². The van der Waals surface area contributed by atoms with Gasteiger partial charge in [-0.2, -0.15) is 0 Å². The number of carbonyl (C=O) groups is 1. The van der Waals surface area contributed by atoms with Gasteiger partial charge in [-0.25, -0.2) is 9.97 Å².